The summed E-state index contributed by atoms with van der Waals surface area (Å²) < 4.78 is 12.4. The summed E-state index contributed by atoms with van der Waals surface area (Å²) in [6, 6.07) is 21.4. The summed E-state index contributed by atoms with van der Waals surface area (Å²) in [5, 5.41) is 6.42. The molecule has 44 heavy (non-hydrogen) atoms. The van der Waals surface area contributed by atoms with Gasteiger partial charge < -0.3 is 19.9 Å². The summed E-state index contributed by atoms with van der Waals surface area (Å²) in [7, 11) is -0.267. The molecule has 8 heteroatoms. The van der Waals surface area contributed by atoms with Crippen molar-refractivity contribution in [3.63, 3.8) is 0 Å². The maximum absolute atomic E-state index is 14.1. The van der Waals surface area contributed by atoms with Gasteiger partial charge in [-0.15, -0.1) is 0 Å². The van der Waals surface area contributed by atoms with Gasteiger partial charge in [-0.1, -0.05) is 73.5 Å². The Balaban J connectivity index is 1.50. The van der Waals surface area contributed by atoms with E-state index >= 15 is 0 Å². The third-order valence-electron chi connectivity index (χ3n) is 9.64. The number of amides is 2. The predicted octanol–water partition coefficient (Wildman–Crippen LogP) is 6.52. The van der Waals surface area contributed by atoms with Gasteiger partial charge in [0.1, 0.15) is 5.54 Å². The summed E-state index contributed by atoms with van der Waals surface area (Å²) in [5.41, 5.74) is 0.421. The number of hydrogen-bond acceptors (Lipinski definition) is 5. The number of carbonyl (C=O) groups is 2. The molecule has 2 aliphatic rings. The van der Waals surface area contributed by atoms with Crippen LogP contribution in [-0.2, 0) is 32.0 Å². The van der Waals surface area contributed by atoms with Crippen molar-refractivity contribution < 1.29 is 18.9 Å². The van der Waals surface area contributed by atoms with Crippen molar-refractivity contribution in [2.75, 3.05) is 0 Å². The molecule has 1 atom stereocenters. The minimum atomic E-state index is -0.975. The van der Waals surface area contributed by atoms with Crippen LogP contribution in [0.3, 0.4) is 0 Å². The second-order valence-corrected chi connectivity index (χ2v) is 15.0. The number of nitrogens with one attached hydrogen (secondary N) is 2. The zero-order valence-corrected chi connectivity index (χ0v) is 28.2. The summed E-state index contributed by atoms with van der Waals surface area (Å²) in [6.07, 6.45) is 4.62. The lowest BCUT2D eigenvalue weighted by Gasteiger charge is -2.52. The first kappa shape index (κ1) is 34.2. The highest BCUT2D eigenvalue weighted by Gasteiger charge is 2.53. The lowest BCUT2D eigenvalue weighted by molar-refractivity contribution is -0.140. The van der Waals surface area contributed by atoms with Crippen LogP contribution in [0.2, 0.25) is 6.32 Å². The van der Waals surface area contributed by atoms with Gasteiger partial charge in [0, 0.05) is 31.6 Å². The van der Waals surface area contributed by atoms with E-state index in [1.54, 1.807) is 0 Å². The Kier molecular flexibility index (Phi) is 10.7. The Morgan fingerprint density at radius 1 is 0.841 bits per heavy atom. The molecule has 1 aliphatic carbocycles. The Hall–Kier alpha value is -2.68. The fraction of sp³-hybridized carbons (Fsp3) is 0.611. The molecule has 0 radical (unpaired) electrons. The first-order chi connectivity index (χ1) is 20.6. The summed E-state index contributed by atoms with van der Waals surface area (Å²) >= 11 is 0. The predicted molar refractivity (Wildman–Crippen MR) is 178 cm³/mol. The van der Waals surface area contributed by atoms with E-state index in [-0.39, 0.29) is 36.1 Å². The maximum Gasteiger partial charge on any atom is 0.457 e. The molecule has 0 bridgehead atoms. The van der Waals surface area contributed by atoms with Crippen LogP contribution in [0.15, 0.2) is 60.7 Å². The quantitative estimate of drug-likeness (QED) is 0.201. The number of unbranched alkanes of at least 4 members (excludes halogenated alkanes) is 1. The zero-order valence-electron chi connectivity index (χ0n) is 28.2. The molecular formula is C36H54BN3O4. The second-order valence-electron chi connectivity index (χ2n) is 15.0. The van der Waals surface area contributed by atoms with Crippen molar-refractivity contribution in [2.24, 2.45) is 5.92 Å². The molecule has 4 rings (SSSR count). The minimum absolute atomic E-state index is 0.0321. The topological polar surface area (TPSA) is 79.9 Å². The van der Waals surface area contributed by atoms with E-state index < -0.39 is 11.1 Å². The molecule has 1 heterocycles. The van der Waals surface area contributed by atoms with Crippen LogP contribution in [0.5, 0.6) is 0 Å². The molecule has 0 unspecified atom stereocenters. The maximum atomic E-state index is 14.1. The van der Waals surface area contributed by atoms with Gasteiger partial charge in [-0.05, 0) is 91.1 Å². The molecule has 2 aromatic carbocycles. The molecule has 0 aromatic heterocycles. The Labute approximate surface area is 266 Å². The number of nitrogens with zero attached hydrogens (tertiary/aromatic N) is 1. The highest BCUT2D eigenvalue weighted by Crippen LogP contribution is 2.44. The SMILES string of the molecule is CC(=O)N[C@](CCCCB1OC(C)(C)C(C)(C)O1)(C(=O)NC(C)(C)C)[C@H]1C[C@H](N(Cc2ccccc2)Cc2ccccc2)C1. The number of carbonyl (C=O) groups excluding carboxylic acids is 2. The summed E-state index contributed by atoms with van der Waals surface area (Å²) in [6.45, 7) is 17.4. The molecule has 2 aromatic rings. The Morgan fingerprint density at radius 3 is 1.80 bits per heavy atom. The van der Waals surface area contributed by atoms with Gasteiger partial charge in [-0.25, -0.2) is 0 Å². The van der Waals surface area contributed by atoms with Crippen LogP contribution in [-0.4, -0.2) is 52.2 Å². The first-order valence-electron chi connectivity index (χ1n) is 16.4. The van der Waals surface area contributed by atoms with E-state index in [4.69, 9.17) is 9.31 Å². The normalized spacial score (nSPS) is 22.2. The fourth-order valence-corrected chi connectivity index (χ4v) is 6.53. The van der Waals surface area contributed by atoms with E-state index in [0.29, 0.717) is 12.5 Å². The highest BCUT2D eigenvalue weighted by atomic mass is 16.7. The molecule has 1 saturated carbocycles. The largest absolute Gasteiger partial charge is 0.457 e. The van der Waals surface area contributed by atoms with Crippen molar-refractivity contribution in [2.45, 2.75) is 135 Å². The summed E-state index contributed by atoms with van der Waals surface area (Å²) in [4.78, 5) is 29.4. The molecule has 1 saturated heterocycles. The van der Waals surface area contributed by atoms with E-state index in [0.717, 1.165) is 45.1 Å². The van der Waals surface area contributed by atoms with Gasteiger partial charge in [-0.2, -0.15) is 0 Å². The van der Waals surface area contributed by atoms with E-state index in [9.17, 15) is 9.59 Å². The monoisotopic (exact) mass is 603 g/mol. The standard InChI is InChI=1S/C36H54BN3O4/c1-27(41)38-36(32(42)39-33(2,3)4,21-15-16-22-37-43-34(5,6)35(7,8)44-37)30-23-31(24-30)40(25-28-17-11-9-12-18-28)26-29-19-13-10-14-20-29/h9-14,17-20,30-31H,15-16,21-26H2,1-8H3,(H,38,41)(H,39,42)/t30-,31-,36-/m0/s1. The lowest BCUT2D eigenvalue weighted by Crippen LogP contribution is -2.68. The van der Waals surface area contributed by atoms with E-state index in [1.165, 1.54) is 18.1 Å². The molecule has 0 spiro atoms. The minimum Gasteiger partial charge on any atom is -0.403 e. The van der Waals surface area contributed by atoms with E-state index in [1.807, 2.05) is 32.9 Å². The van der Waals surface area contributed by atoms with Crippen molar-refractivity contribution in [1.82, 2.24) is 15.5 Å². The van der Waals surface area contributed by atoms with Crippen LogP contribution in [0, 0.1) is 5.92 Å². The van der Waals surface area contributed by atoms with Crippen molar-refractivity contribution in [3.05, 3.63) is 71.8 Å². The summed E-state index contributed by atoms with van der Waals surface area (Å²) in [5.74, 6) is -0.226. The lowest BCUT2D eigenvalue weighted by atomic mass is 9.64. The molecule has 2 fully saturated rings. The van der Waals surface area contributed by atoms with Gasteiger partial charge in [-0.3, -0.25) is 14.5 Å². The van der Waals surface area contributed by atoms with Gasteiger partial charge in [0.25, 0.3) is 0 Å². The van der Waals surface area contributed by atoms with Crippen LogP contribution in [0.1, 0.15) is 98.6 Å². The van der Waals surface area contributed by atoms with Crippen molar-refractivity contribution in [1.29, 1.82) is 0 Å². The molecule has 2 amide bonds. The van der Waals surface area contributed by atoms with Crippen molar-refractivity contribution in [3.8, 4) is 0 Å². The molecule has 7 nitrogen and oxygen atoms in total. The van der Waals surface area contributed by atoms with E-state index in [2.05, 4.69) is 91.8 Å². The van der Waals surface area contributed by atoms with Gasteiger partial charge >= 0.3 is 7.12 Å². The average molecular weight is 604 g/mol. The number of benzene rings is 2. The van der Waals surface area contributed by atoms with Crippen LogP contribution in [0.25, 0.3) is 0 Å². The second kappa shape index (κ2) is 13.8. The number of rotatable bonds is 13. The zero-order chi connectivity index (χ0) is 32.2. The third-order valence-corrected chi connectivity index (χ3v) is 9.64. The average Bonchev–Trinajstić information content (AvgIpc) is 3.10. The smallest absolute Gasteiger partial charge is 0.403 e. The molecule has 240 valence electrons. The van der Waals surface area contributed by atoms with Gasteiger partial charge in [0.05, 0.1) is 11.2 Å². The molecule has 1 aliphatic heterocycles. The molecular weight excluding hydrogens is 549 g/mol. The Morgan fingerprint density at radius 2 is 1.34 bits per heavy atom. The van der Waals surface area contributed by atoms with Crippen molar-refractivity contribution >= 4 is 18.9 Å². The fourth-order valence-electron chi connectivity index (χ4n) is 6.53. The molecule has 2 N–H and O–H groups in total. The van der Waals surface area contributed by atoms with Crippen LogP contribution in [0.4, 0.5) is 0 Å². The van der Waals surface area contributed by atoms with Gasteiger partial charge in [0.15, 0.2) is 0 Å². The first-order valence-corrected chi connectivity index (χ1v) is 16.4. The van der Waals surface area contributed by atoms with Crippen LogP contribution >= 0.6 is 0 Å². The third kappa shape index (κ3) is 8.52. The highest BCUT2D eigenvalue weighted by molar-refractivity contribution is 6.45. The van der Waals surface area contributed by atoms with Crippen LogP contribution < -0.4 is 10.6 Å². The number of hydrogen-bond donors (Lipinski definition) is 2. The van der Waals surface area contributed by atoms with Gasteiger partial charge in [0.2, 0.25) is 11.8 Å². The Bertz CT molecular complexity index is 1180.